The number of carbonyl (C=O) groups excluding carboxylic acids is 2. The molecule has 118 valence electrons. The van der Waals surface area contributed by atoms with Crippen molar-refractivity contribution < 1.29 is 14.8 Å². The highest BCUT2D eigenvalue weighted by atomic mass is 79.9. The molecular weight excluding hydrogens is 358 g/mol. The number of hydrogen-bond donors (Lipinski definition) is 3. The molecule has 1 aliphatic carbocycles. The predicted molar refractivity (Wildman–Crippen MR) is 85.6 cm³/mol. The van der Waals surface area contributed by atoms with Gasteiger partial charge in [0.25, 0.3) is 0 Å². The fraction of sp³-hybridized carbons (Fsp3) is 0.769. The Bertz CT molecular complexity index is 413. The Labute approximate surface area is 136 Å². The molecule has 0 aromatic carbocycles. The van der Waals surface area contributed by atoms with Crippen LogP contribution in [0.3, 0.4) is 0 Å². The topological polar surface area (TPSA) is 90.8 Å². The van der Waals surface area contributed by atoms with Crippen LogP contribution in [0.2, 0.25) is 0 Å². The zero-order valence-corrected chi connectivity index (χ0v) is 14.0. The molecule has 0 aromatic heterocycles. The highest BCUT2D eigenvalue weighted by molar-refractivity contribution is 9.09. The van der Waals surface area contributed by atoms with E-state index >= 15 is 0 Å². The lowest BCUT2D eigenvalue weighted by atomic mass is 9.81. The second-order valence-corrected chi connectivity index (χ2v) is 8.05. The van der Waals surface area contributed by atoms with Crippen molar-refractivity contribution in [1.82, 2.24) is 10.9 Å². The normalized spacial score (nSPS) is 33.0. The Morgan fingerprint density at radius 1 is 1.19 bits per heavy atom. The van der Waals surface area contributed by atoms with Crippen molar-refractivity contribution >= 4 is 45.7 Å². The van der Waals surface area contributed by atoms with Gasteiger partial charge in [0.15, 0.2) is 0 Å². The van der Waals surface area contributed by atoms with E-state index in [-0.39, 0.29) is 23.7 Å². The van der Waals surface area contributed by atoms with E-state index in [9.17, 15) is 9.59 Å². The van der Waals surface area contributed by atoms with Crippen LogP contribution in [-0.2, 0) is 9.59 Å². The molecule has 1 saturated carbocycles. The molecule has 1 aliphatic heterocycles. The first-order valence-corrected chi connectivity index (χ1v) is 9.09. The number of alkyl halides is 1. The average Bonchev–Trinajstić information content (AvgIpc) is 2.92. The van der Waals surface area contributed by atoms with Crippen molar-refractivity contribution in [3.63, 3.8) is 0 Å². The summed E-state index contributed by atoms with van der Waals surface area (Å²) in [5.41, 5.74) is 4.28. The third kappa shape index (κ3) is 4.96. The van der Waals surface area contributed by atoms with Gasteiger partial charge in [0.05, 0.1) is 0 Å². The Hall–Kier alpha value is -0.600. The lowest BCUT2D eigenvalue weighted by molar-refractivity contribution is -0.136. The fourth-order valence-corrected chi connectivity index (χ4v) is 4.92. The first kappa shape index (κ1) is 16.8. The summed E-state index contributed by atoms with van der Waals surface area (Å²) in [6.45, 7) is 0. The molecular formula is C13H20BrN3O3S. The van der Waals surface area contributed by atoms with Crippen molar-refractivity contribution in [1.29, 1.82) is 0 Å². The predicted octanol–water partition coefficient (Wildman–Crippen LogP) is 1.67. The molecule has 0 radical (unpaired) electrons. The number of rotatable bonds is 4. The summed E-state index contributed by atoms with van der Waals surface area (Å²) in [5.74, 6) is 0.363. The highest BCUT2D eigenvalue weighted by Crippen LogP contribution is 2.30. The molecule has 2 aliphatic rings. The minimum Gasteiger partial charge on any atom is -0.289 e. The van der Waals surface area contributed by atoms with E-state index in [1.807, 2.05) is 11.8 Å². The van der Waals surface area contributed by atoms with Crippen LogP contribution < -0.4 is 10.9 Å². The average molecular weight is 378 g/mol. The van der Waals surface area contributed by atoms with Gasteiger partial charge < -0.3 is 0 Å². The molecule has 2 unspecified atom stereocenters. The summed E-state index contributed by atoms with van der Waals surface area (Å²) >= 11 is 5.39. The molecule has 2 amide bonds. The largest absolute Gasteiger partial charge is 0.289 e. The Morgan fingerprint density at radius 3 is 2.33 bits per heavy atom. The van der Waals surface area contributed by atoms with E-state index in [0.717, 1.165) is 12.2 Å². The lowest BCUT2D eigenvalue weighted by Gasteiger charge is -2.25. The van der Waals surface area contributed by atoms with Gasteiger partial charge in [0.1, 0.15) is 0 Å². The number of halogens is 1. The maximum atomic E-state index is 12.0. The Kier molecular flexibility index (Phi) is 6.50. The maximum absolute atomic E-state index is 12.0. The van der Waals surface area contributed by atoms with Crippen molar-refractivity contribution in [2.24, 2.45) is 16.9 Å². The molecule has 8 heteroatoms. The van der Waals surface area contributed by atoms with Gasteiger partial charge in [-0.05, 0) is 32.1 Å². The molecule has 1 saturated heterocycles. The summed E-state index contributed by atoms with van der Waals surface area (Å²) in [7, 11) is 0. The summed E-state index contributed by atoms with van der Waals surface area (Å²) in [6, 6.07) is 0. The summed E-state index contributed by atoms with van der Waals surface area (Å²) in [4.78, 5) is 23.8. The van der Waals surface area contributed by atoms with Crippen LogP contribution in [0.4, 0.5) is 0 Å². The zero-order valence-electron chi connectivity index (χ0n) is 11.6. The van der Waals surface area contributed by atoms with E-state index in [4.69, 9.17) is 5.21 Å². The second-order valence-electron chi connectivity index (χ2n) is 5.48. The molecule has 6 nitrogen and oxygen atoms in total. The van der Waals surface area contributed by atoms with Gasteiger partial charge in [-0.25, -0.2) is 10.9 Å². The van der Waals surface area contributed by atoms with Crippen LogP contribution in [-0.4, -0.2) is 39.1 Å². The van der Waals surface area contributed by atoms with Crippen LogP contribution >= 0.6 is 27.7 Å². The monoisotopic (exact) mass is 377 g/mol. The van der Waals surface area contributed by atoms with Gasteiger partial charge in [-0.2, -0.15) is 16.9 Å². The summed E-state index contributed by atoms with van der Waals surface area (Å²) in [6.07, 6.45) is 5.39. The SMILES string of the molecule is O=C(NO)C1CCC(C(=O)N/N=C/C2CC(Br)CS2)CC1. The second kappa shape index (κ2) is 8.14. The lowest BCUT2D eigenvalue weighted by Crippen LogP contribution is -2.35. The van der Waals surface area contributed by atoms with Gasteiger partial charge >= 0.3 is 0 Å². The van der Waals surface area contributed by atoms with Crippen LogP contribution in [0.5, 0.6) is 0 Å². The summed E-state index contributed by atoms with van der Waals surface area (Å²) < 4.78 is 0. The minimum atomic E-state index is -0.352. The molecule has 2 fully saturated rings. The number of hydroxylamine groups is 1. The molecule has 0 bridgehead atoms. The van der Waals surface area contributed by atoms with Crippen molar-refractivity contribution in [3.8, 4) is 0 Å². The van der Waals surface area contributed by atoms with Gasteiger partial charge in [0.2, 0.25) is 11.8 Å². The first-order chi connectivity index (χ1) is 10.1. The number of nitrogens with zero attached hydrogens (tertiary/aromatic N) is 1. The number of nitrogens with one attached hydrogen (secondary N) is 2. The quantitative estimate of drug-likeness (QED) is 0.300. The molecule has 2 rings (SSSR count). The third-order valence-electron chi connectivity index (χ3n) is 3.97. The number of carbonyl (C=O) groups is 2. The zero-order chi connectivity index (χ0) is 15.2. The van der Waals surface area contributed by atoms with Gasteiger partial charge in [-0.1, -0.05) is 15.9 Å². The van der Waals surface area contributed by atoms with E-state index in [0.29, 0.717) is 35.8 Å². The molecule has 21 heavy (non-hydrogen) atoms. The summed E-state index contributed by atoms with van der Waals surface area (Å²) in [5, 5.41) is 13.0. The third-order valence-corrected chi connectivity index (χ3v) is 6.44. The Morgan fingerprint density at radius 2 is 1.81 bits per heavy atom. The van der Waals surface area contributed by atoms with Gasteiger partial charge in [0, 0.05) is 33.9 Å². The number of thioether (sulfide) groups is 1. The van der Waals surface area contributed by atoms with Crippen molar-refractivity contribution in [3.05, 3.63) is 0 Å². The highest BCUT2D eigenvalue weighted by Gasteiger charge is 2.29. The standard InChI is InChI=1S/C13H20BrN3O3S/c14-10-5-11(21-7-10)6-15-16-12(18)8-1-3-9(4-2-8)13(19)17-20/h6,8-11,20H,1-5,7H2,(H,16,18)(H,17,19)/b15-6+. The molecule has 2 atom stereocenters. The smallest absolute Gasteiger partial charge is 0.246 e. The number of hydrogen-bond acceptors (Lipinski definition) is 5. The molecule has 3 N–H and O–H groups in total. The van der Waals surface area contributed by atoms with Crippen LogP contribution in [0.15, 0.2) is 5.10 Å². The van der Waals surface area contributed by atoms with Crippen molar-refractivity contribution in [2.45, 2.75) is 42.2 Å². The van der Waals surface area contributed by atoms with Gasteiger partial charge in [-0.3, -0.25) is 14.8 Å². The van der Waals surface area contributed by atoms with Crippen LogP contribution in [0.25, 0.3) is 0 Å². The first-order valence-electron chi connectivity index (χ1n) is 7.12. The Balaban J connectivity index is 1.70. The molecule has 0 spiro atoms. The number of hydrazone groups is 1. The molecule has 1 heterocycles. The van der Waals surface area contributed by atoms with Crippen LogP contribution in [0.1, 0.15) is 32.1 Å². The van der Waals surface area contributed by atoms with E-state index in [1.165, 1.54) is 0 Å². The van der Waals surface area contributed by atoms with E-state index in [1.54, 1.807) is 11.7 Å². The maximum Gasteiger partial charge on any atom is 0.246 e. The van der Waals surface area contributed by atoms with Crippen molar-refractivity contribution in [2.75, 3.05) is 5.75 Å². The molecule has 0 aromatic rings. The fourth-order valence-electron chi connectivity index (χ4n) is 2.70. The van der Waals surface area contributed by atoms with E-state index in [2.05, 4.69) is 26.5 Å². The van der Waals surface area contributed by atoms with Crippen LogP contribution in [0, 0.1) is 11.8 Å². The number of amides is 2. The minimum absolute atomic E-state index is 0.0764. The van der Waals surface area contributed by atoms with E-state index < -0.39 is 0 Å². The van der Waals surface area contributed by atoms with Gasteiger partial charge in [-0.15, -0.1) is 0 Å².